The standard InChI is InChI=1S/C28H28FNO3.C2H6/c1-19-25-15-23(31)9-12-26(25)33-28(27(19)21-5-3-2-4-6-21)22-7-10-24(11-8-22)32-14-13-30-17-20(16-29)18-30;1-2/h2-12,15,20,28,31H,13-14,16-18H2,1H3;1-2H3/t28-;/m0./s1. The molecule has 0 bridgehead atoms. The van der Waals surface area contributed by atoms with Crippen LogP contribution in [0.15, 0.2) is 72.8 Å². The lowest BCUT2D eigenvalue weighted by Gasteiger charge is -2.37. The molecular formula is C30H34FNO3. The first-order valence-corrected chi connectivity index (χ1v) is 12.4. The summed E-state index contributed by atoms with van der Waals surface area (Å²) in [7, 11) is 0. The van der Waals surface area contributed by atoms with Gasteiger partial charge >= 0.3 is 0 Å². The van der Waals surface area contributed by atoms with E-state index in [1.165, 1.54) is 0 Å². The highest BCUT2D eigenvalue weighted by Crippen LogP contribution is 2.47. The van der Waals surface area contributed by atoms with Crippen LogP contribution < -0.4 is 9.47 Å². The summed E-state index contributed by atoms with van der Waals surface area (Å²) in [5.41, 5.74) is 5.21. The van der Waals surface area contributed by atoms with Gasteiger partial charge in [-0.1, -0.05) is 56.3 Å². The topological polar surface area (TPSA) is 41.9 Å². The molecule has 5 rings (SSSR count). The third-order valence-electron chi connectivity index (χ3n) is 6.47. The van der Waals surface area contributed by atoms with Crippen molar-refractivity contribution in [3.05, 3.63) is 89.5 Å². The van der Waals surface area contributed by atoms with E-state index < -0.39 is 0 Å². The van der Waals surface area contributed by atoms with Crippen LogP contribution in [0.4, 0.5) is 4.39 Å². The lowest BCUT2D eigenvalue weighted by atomic mass is 9.86. The molecule has 0 aliphatic carbocycles. The van der Waals surface area contributed by atoms with E-state index in [4.69, 9.17) is 9.47 Å². The first kappa shape index (κ1) is 24.8. The van der Waals surface area contributed by atoms with E-state index in [9.17, 15) is 9.50 Å². The van der Waals surface area contributed by atoms with E-state index in [0.717, 1.165) is 59.0 Å². The van der Waals surface area contributed by atoms with Crippen LogP contribution in [0.5, 0.6) is 17.2 Å². The molecule has 184 valence electrons. The Kier molecular flexibility index (Phi) is 8.09. The van der Waals surface area contributed by atoms with E-state index in [2.05, 4.69) is 24.0 Å². The summed E-state index contributed by atoms with van der Waals surface area (Å²) >= 11 is 0. The highest BCUT2D eigenvalue weighted by Gasteiger charge is 2.29. The van der Waals surface area contributed by atoms with Crippen LogP contribution in [0, 0.1) is 5.92 Å². The van der Waals surface area contributed by atoms with Gasteiger partial charge in [-0.2, -0.15) is 0 Å². The fourth-order valence-corrected chi connectivity index (χ4v) is 4.65. The monoisotopic (exact) mass is 475 g/mol. The molecule has 2 heterocycles. The molecule has 0 saturated carbocycles. The predicted octanol–water partition coefficient (Wildman–Crippen LogP) is 6.76. The third kappa shape index (κ3) is 5.51. The minimum Gasteiger partial charge on any atom is -0.508 e. The number of rotatable bonds is 7. The number of nitrogens with zero attached hydrogens (tertiary/aromatic N) is 1. The second kappa shape index (κ2) is 11.4. The Morgan fingerprint density at radius 3 is 2.40 bits per heavy atom. The number of fused-ring (bicyclic) bond motifs is 1. The Labute approximate surface area is 207 Å². The number of aromatic hydroxyl groups is 1. The summed E-state index contributed by atoms with van der Waals surface area (Å²) in [4.78, 5) is 2.21. The molecule has 0 radical (unpaired) electrons. The number of hydrogen-bond donors (Lipinski definition) is 1. The average Bonchev–Trinajstić information content (AvgIpc) is 2.88. The van der Waals surface area contributed by atoms with Gasteiger partial charge in [0, 0.05) is 36.7 Å². The lowest BCUT2D eigenvalue weighted by Crippen LogP contribution is -2.49. The first-order chi connectivity index (χ1) is 17.1. The van der Waals surface area contributed by atoms with Crippen LogP contribution in [-0.4, -0.2) is 42.9 Å². The summed E-state index contributed by atoms with van der Waals surface area (Å²) in [5, 5.41) is 10.0. The maximum absolute atomic E-state index is 12.6. The molecule has 0 aromatic heterocycles. The molecule has 3 aromatic carbocycles. The Morgan fingerprint density at radius 1 is 1.00 bits per heavy atom. The highest BCUT2D eigenvalue weighted by molar-refractivity contribution is 5.95. The molecule has 0 unspecified atom stereocenters. The zero-order chi connectivity index (χ0) is 24.8. The Balaban J connectivity index is 0.00000141. The molecule has 4 nitrogen and oxygen atoms in total. The molecular weight excluding hydrogens is 441 g/mol. The molecule has 5 heteroatoms. The predicted molar refractivity (Wildman–Crippen MR) is 140 cm³/mol. The molecule has 2 aliphatic rings. The van der Waals surface area contributed by atoms with Crippen molar-refractivity contribution >= 4 is 11.1 Å². The highest BCUT2D eigenvalue weighted by atomic mass is 19.1. The van der Waals surface area contributed by atoms with Crippen LogP contribution in [0.3, 0.4) is 0 Å². The van der Waals surface area contributed by atoms with Crippen molar-refractivity contribution in [3.8, 4) is 17.2 Å². The number of allylic oxidation sites excluding steroid dienone is 1. The molecule has 0 amide bonds. The number of alkyl halides is 1. The van der Waals surface area contributed by atoms with Crippen molar-refractivity contribution in [3.63, 3.8) is 0 Å². The second-order valence-electron chi connectivity index (χ2n) is 8.78. The van der Waals surface area contributed by atoms with Gasteiger partial charge in [-0.25, -0.2) is 0 Å². The normalized spacial score (nSPS) is 17.5. The Hall–Kier alpha value is -3.31. The van der Waals surface area contributed by atoms with Gasteiger partial charge in [0.25, 0.3) is 0 Å². The second-order valence-corrected chi connectivity index (χ2v) is 8.78. The van der Waals surface area contributed by atoms with Crippen molar-refractivity contribution in [1.29, 1.82) is 0 Å². The molecule has 0 spiro atoms. The fourth-order valence-electron chi connectivity index (χ4n) is 4.65. The Bertz CT molecular complexity index is 1140. The van der Waals surface area contributed by atoms with E-state index >= 15 is 0 Å². The average molecular weight is 476 g/mol. The molecule has 1 atom stereocenters. The zero-order valence-electron chi connectivity index (χ0n) is 20.7. The van der Waals surface area contributed by atoms with Crippen molar-refractivity contribution in [1.82, 2.24) is 4.90 Å². The van der Waals surface area contributed by atoms with E-state index in [1.807, 2.05) is 62.4 Å². The quantitative estimate of drug-likeness (QED) is 0.410. The summed E-state index contributed by atoms with van der Waals surface area (Å²) in [6.07, 6.45) is -0.266. The number of benzene rings is 3. The van der Waals surface area contributed by atoms with E-state index in [1.54, 1.807) is 12.1 Å². The smallest absolute Gasteiger partial charge is 0.150 e. The molecule has 2 aliphatic heterocycles. The van der Waals surface area contributed by atoms with Gasteiger partial charge in [-0.3, -0.25) is 9.29 Å². The summed E-state index contributed by atoms with van der Waals surface area (Å²) in [5.74, 6) is 1.99. The van der Waals surface area contributed by atoms with Gasteiger partial charge in [0.15, 0.2) is 0 Å². The van der Waals surface area contributed by atoms with Gasteiger partial charge in [0.1, 0.15) is 30.0 Å². The maximum atomic E-state index is 12.6. The van der Waals surface area contributed by atoms with Crippen LogP contribution in [0.1, 0.15) is 43.6 Å². The van der Waals surface area contributed by atoms with Crippen molar-refractivity contribution < 1.29 is 19.0 Å². The van der Waals surface area contributed by atoms with Gasteiger partial charge < -0.3 is 14.6 Å². The number of phenolic OH excluding ortho intramolecular Hbond substituents is 1. The van der Waals surface area contributed by atoms with Crippen molar-refractivity contribution in [2.45, 2.75) is 26.9 Å². The number of ether oxygens (including phenoxy) is 2. The van der Waals surface area contributed by atoms with Gasteiger partial charge in [0.2, 0.25) is 0 Å². The van der Waals surface area contributed by atoms with Crippen LogP contribution >= 0.6 is 0 Å². The molecule has 1 fully saturated rings. The third-order valence-corrected chi connectivity index (χ3v) is 6.47. The molecule has 1 N–H and O–H groups in total. The van der Waals surface area contributed by atoms with Crippen molar-refractivity contribution in [2.24, 2.45) is 5.92 Å². The van der Waals surface area contributed by atoms with E-state index in [-0.39, 0.29) is 24.4 Å². The van der Waals surface area contributed by atoms with Crippen LogP contribution in [0.2, 0.25) is 0 Å². The Morgan fingerprint density at radius 2 is 1.71 bits per heavy atom. The fraction of sp³-hybridized carbons (Fsp3) is 0.333. The minimum atomic E-state index is -0.266. The van der Waals surface area contributed by atoms with Crippen molar-refractivity contribution in [2.75, 3.05) is 32.9 Å². The first-order valence-electron chi connectivity index (χ1n) is 12.4. The summed E-state index contributed by atoms with van der Waals surface area (Å²) in [6.45, 7) is 8.90. The number of phenols is 1. The van der Waals surface area contributed by atoms with Crippen LogP contribution in [0.25, 0.3) is 11.1 Å². The van der Waals surface area contributed by atoms with Gasteiger partial charge in [0.05, 0.1) is 6.67 Å². The number of likely N-dealkylation sites (tertiary alicyclic amines) is 1. The molecule has 1 saturated heterocycles. The molecule has 3 aromatic rings. The minimum absolute atomic E-state index is 0.198. The molecule has 35 heavy (non-hydrogen) atoms. The van der Waals surface area contributed by atoms with Crippen LogP contribution in [-0.2, 0) is 0 Å². The van der Waals surface area contributed by atoms with Gasteiger partial charge in [-0.15, -0.1) is 0 Å². The lowest BCUT2D eigenvalue weighted by molar-refractivity contribution is 0.0668. The SMILES string of the molecule is CC.CC1=C(c2ccccc2)[C@H](c2ccc(OCCN3CC(CF)C3)cc2)Oc2ccc(O)cc21. The number of halogens is 1. The maximum Gasteiger partial charge on any atom is 0.150 e. The summed E-state index contributed by atoms with van der Waals surface area (Å²) < 4.78 is 24.9. The van der Waals surface area contributed by atoms with E-state index in [0.29, 0.717) is 6.61 Å². The summed E-state index contributed by atoms with van der Waals surface area (Å²) in [6, 6.07) is 23.5. The van der Waals surface area contributed by atoms with Gasteiger partial charge in [-0.05, 0) is 54.0 Å². The number of hydrogen-bond acceptors (Lipinski definition) is 4. The largest absolute Gasteiger partial charge is 0.508 e. The zero-order valence-corrected chi connectivity index (χ0v) is 20.7.